The number of aliphatic imine (C=N–C) groups is 1. The second-order valence-corrected chi connectivity index (χ2v) is 4.94. The van der Waals surface area contributed by atoms with E-state index in [0.717, 1.165) is 25.9 Å². The quantitative estimate of drug-likeness (QED) is 0.468. The SMILES string of the molecule is CN/C=N\C(=C/CC(=O)NC)NC1CCN(C(C)=O)CC1. The molecule has 1 aliphatic heterocycles. The summed E-state index contributed by atoms with van der Waals surface area (Å²) in [6.45, 7) is 3.11. The molecule has 21 heavy (non-hydrogen) atoms. The second-order valence-electron chi connectivity index (χ2n) is 4.94. The van der Waals surface area contributed by atoms with Crippen molar-refractivity contribution in [2.75, 3.05) is 27.2 Å². The Balaban J connectivity index is 2.55. The van der Waals surface area contributed by atoms with E-state index in [2.05, 4.69) is 20.9 Å². The lowest BCUT2D eigenvalue weighted by molar-refractivity contribution is -0.129. The van der Waals surface area contributed by atoms with E-state index in [1.165, 1.54) is 0 Å². The Hall–Kier alpha value is -2.05. The molecule has 0 aromatic carbocycles. The van der Waals surface area contributed by atoms with Crippen LogP contribution >= 0.6 is 0 Å². The summed E-state index contributed by atoms with van der Waals surface area (Å²) >= 11 is 0. The number of piperidine rings is 1. The van der Waals surface area contributed by atoms with Gasteiger partial charge in [0.2, 0.25) is 11.8 Å². The minimum atomic E-state index is -0.0552. The highest BCUT2D eigenvalue weighted by Crippen LogP contribution is 2.12. The van der Waals surface area contributed by atoms with Crippen LogP contribution < -0.4 is 16.0 Å². The summed E-state index contributed by atoms with van der Waals surface area (Å²) in [6.07, 6.45) is 5.39. The van der Waals surface area contributed by atoms with Crippen molar-refractivity contribution in [1.82, 2.24) is 20.9 Å². The Morgan fingerprint density at radius 2 is 1.95 bits per heavy atom. The smallest absolute Gasteiger partial charge is 0.223 e. The molecule has 0 bridgehead atoms. The van der Waals surface area contributed by atoms with Gasteiger partial charge in [0.15, 0.2) is 0 Å². The third-order valence-electron chi connectivity index (χ3n) is 3.38. The fourth-order valence-corrected chi connectivity index (χ4v) is 2.12. The van der Waals surface area contributed by atoms with E-state index in [9.17, 15) is 9.59 Å². The van der Waals surface area contributed by atoms with Crippen LogP contribution in [0.3, 0.4) is 0 Å². The Kier molecular flexibility index (Phi) is 7.28. The molecule has 118 valence electrons. The van der Waals surface area contributed by atoms with Gasteiger partial charge in [0, 0.05) is 46.6 Å². The van der Waals surface area contributed by atoms with Gasteiger partial charge in [0.25, 0.3) is 0 Å². The largest absolute Gasteiger partial charge is 0.379 e. The lowest BCUT2D eigenvalue weighted by Gasteiger charge is -2.32. The molecule has 1 saturated heterocycles. The summed E-state index contributed by atoms with van der Waals surface area (Å²) < 4.78 is 0. The Bertz CT molecular complexity index is 412. The fraction of sp³-hybridized carbons (Fsp3) is 0.643. The molecule has 1 rings (SSSR count). The molecule has 1 fully saturated rings. The van der Waals surface area contributed by atoms with Crippen molar-refractivity contribution in [1.29, 1.82) is 0 Å². The second kappa shape index (κ2) is 8.99. The molecule has 1 heterocycles. The van der Waals surface area contributed by atoms with Crippen LogP contribution in [0.15, 0.2) is 16.9 Å². The number of rotatable bonds is 6. The van der Waals surface area contributed by atoms with E-state index in [0.29, 0.717) is 5.82 Å². The summed E-state index contributed by atoms with van der Waals surface area (Å²) in [7, 11) is 3.38. The van der Waals surface area contributed by atoms with Gasteiger partial charge < -0.3 is 20.9 Å². The van der Waals surface area contributed by atoms with Gasteiger partial charge in [-0.25, -0.2) is 4.99 Å². The maximum absolute atomic E-state index is 11.3. The van der Waals surface area contributed by atoms with Crippen molar-refractivity contribution in [3.8, 4) is 0 Å². The van der Waals surface area contributed by atoms with Crippen LogP contribution in [0.4, 0.5) is 0 Å². The molecule has 0 spiro atoms. The Labute approximate surface area is 125 Å². The monoisotopic (exact) mass is 295 g/mol. The number of likely N-dealkylation sites (tertiary alicyclic amines) is 1. The van der Waals surface area contributed by atoms with E-state index in [1.807, 2.05) is 4.90 Å². The predicted molar refractivity (Wildman–Crippen MR) is 82.7 cm³/mol. The number of nitrogens with zero attached hydrogens (tertiary/aromatic N) is 2. The number of amides is 2. The third kappa shape index (κ3) is 6.29. The molecule has 0 atom stereocenters. The van der Waals surface area contributed by atoms with Crippen molar-refractivity contribution < 1.29 is 9.59 Å². The summed E-state index contributed by atoms with van der Waals surface area (Å²) in [6, 6.07) is 0.269. The maximum atomic E-state index is 11.3. The van der Waals surface area contributed by atoms with Crippen molar-refractivity contribution in [2.45, 2.75) is 32.2 Å². The number of carbonyl (C=O) groups excluding carboxylic acids is 2. The standard InChI is InChI=1S/C14H25N5O2/c1-11(20)19-8-6-12(7-9-19)18-13(17-10-15-2)4-5-14(21)16-3/h4,10,12,18H,5-9H2,1-3H3,(H,15,17)(H,16,21)/b13-4+. The summed E-state index contributed by atoms with van der Waals surface area (Å²) in [5.74, 6) is 0.742. The first-order chi connectivity index (χ1) is 10.1. The highest BCUT2D eigenvalue weighted by Gasteiger charge is 2.20. The molecule has 1 aliphatic rings. The van der Waals surface area contributed by atoms with Gasteiger partial charge in [0.1, 0.15) is 5.82 Å². The Morgan fingerprint density at radius 3 is 2.48 bits per heavy atom. The van der Waals surface area contributed by atoms with Crippen molar-refractivity contribution in [3.63, 3.8) is 0 Å². The van der Waals surface area contributed by atoms with Gasteiger partial charge >= 0.3 is 0 Å². The molecule has 7 nitrogen and oxygen atoms in total. The number of carbonyl (C=O) groups is 2. The first-order valence-corrected chi connectivity index (χ1v) is 7.19. The van der Waals surface area contributed by atoms with Crippen LogP contribution in [-0.2, 0) is 9.59 Å². The highest BCUT2D eigenvalue weighted by molar-refractivity contribution is 5.77. The molecule has 0 aromatic heterocycles. The van der Waals surface area contributed by atoms with Crippen LogP contribution in [0, 0.1) is 0 Å². The molecular formula is C14H25N5O2. The van der Waals surface area contributed by atoms with Gasteiger partial charge in [-0.3, -0.25) is 9.59 Å². The van der Waals surface area contributed by atoms with Crippen LogP contribution in [0.25, 0.3) is 0 Å². The first-order valence-electron chi connectivity index (χ1n) is 7.19. The van der Waals surface area contributed by atoms with Crippen molar-refractivity contribution in [3.05, 3.63) is 11.9 Å². The average Bonchev–Trinajstić information content (AvgIpc) is 2.50. The minimum absolute atomic E-state index is 0.0552. The lowest BCUT2D eigenvalue weighted by Crippen LogP contribution is -2.43. The van der Waals surface area contributed by atoms with E-state index in [4.69, 9.17) is 0 Å². The molecule has 0 aliphatic carbocycles. The zero-order valence-electron chi connectivity index (χ0n) is 13.0. The molecule has 7 heteroatoms. The lowest BCUT2D eigenvalue weighted by atomic mass is 10.1. The van der Waals surface area contributed by atoms with Gasteiger partial charge in [-0.2, -0.15) is 0 Å². The Morgan fingerprint density at radius 1 is 1.29 bits per heavy atom. The molecule has 0 unspecified atom stereocenters. The fourth-order valence-electron chi connectivity index (χ4n) is 2.12. The van der Waals surface area contributed by atoms with Gasteiger partial charge in [-0.1, -0.05) is 0 Å². The maximum Gasteiger partial charge on any atom is 0.223 e. The van der Waals surface area contributed by atoms with Gasteiger partial charge in [-0.15, -0.1) is 0 Å². The topological polar surface area (TPSA) is 85.8 Å². The first kappa shape index (κ1) is 17.0. The van der Waals surface area contributed by atoms with E-state index in [1.54, 1.807) is 33.4 Å². The van der Waals surface area contributed by atoms with Crippen LogP contribution in [0.1, 0.15) is 26.2 Å². The van der Waals surface area contributed by atoms with Gasteiger partial charge in [0.05, 0.1) is 6.34 Å². The average molecular weight is 295 g/mol. The minimum Gasteiger partial charge on any atom is -0.379 e. The molecule has 0 saturated carbocycles. The van der Waals surface area contributed by atoms with Crippen molar-refractivity contribution >= 4 is 18.2 Å². The molecule has 2 amide bonds. The van der Waals surface area contributed by atoms with Crippen LogP contribution in [-0.4, -0.2) is 56.3 Å². The van der Waals surface area contributed by atoms with Crippen LogP contribution in [0.5, 0.6) is 0 Å². The normalized spacial score (nSPS) is 16.9. The third-order valence-corrected chi connectivity index (χ3v) is 3.38. The summed E-state index contributed by atoms with van der Waals surface area (Å²) in [5.41, 5.74) is 0. The van der Waals surface area contributed by atoms with Crippen molar-refractivity contribution in [2.24, 2.45) is 4.99 Å². The summed E-state index contributed by atoms with van der Waals surface area (Å²) in [5, 5.41) is 8.74. The zero-order valence-corrected chi connectivity index (χ0v) is 13.0. The van der Waals surface area contributed by atoms with E-state index in [-0.39, 0.29) is 24.3 Å². The number of hydrogen-bond donors (Lipinski definition) is 3. The highest BCUT2D eigenvalue weighted by atomic mass is 16.2. The molecular weight excluding hydrogens is 270 g/mol. The number of nitrogens with one attached hydrogen (secondary N) is 3. The summed E-state index contributed by atoms with van der Waals surface area (Å²) in [4.78, 5) is 28.7. The van der Waals surface area contributed by atoms with Crippen LogP contribution in [0.2, 0.25) is 0 Å². The predicted octanol–water partition coefficient (Wildman–Crippen LogP) is -0.188. The zero-order chi connectivity index (χ0) is 15.7. The molecule has 0 radical (unpaired) electrons. The van der Waals surface area contributed by atoms with E-state index < -0.39 is 0 Å². The number of hydrogen-bond acceptors (Lipinski definition) is 4. The van der Waals surface area contributed by atoms with Gasteiger partial charge in [-0.05, 0) is 18.9 Å². The molecule has 0 aromatic rings. The van der Waals surface area contributed by atoms with E-state index >= 15 is 0 Å². The molecule has 3 N–H and O–H groups in total.